The highest BCUT2D eigenvalue weighted by Gasteiger charge is 2.31. The molecular weight excluding hydrogens is 494 g/mol. The summed E-state index contributed by atoms with van der Waals surface area (Å²) in [4.78, 5) is 2.02. The number of rotatable bonds is 3. The molecule has 1 heterocycles. The van der Waals surface area contributed by atoms with Crippen LogP contribution in [0.1, 0.15) is 22.3 Å². The van der Waals surface area contributed by atoms with E-state index in [9.17, 15) is 21.0 Å². The minimum absolute atomic E-state index is 0.335. The minimum atomic E-state index is 0.335. The number of ether oxygens (including phenoxy) is 1. The van der Waals surface area contributed by atoms with Crippen molar-refractivity contribution in [2.24, 2.45) is 0 Å². The summed E-state index contributed by atoms with van der Waals surface area (Å²) in [6.07, 6.45) is 0. The topological polar surface area (TPSA) is 108 Å². The van der Waals surface area contributed by atoms with Gasteiger partial charge in [-0.05, 0) is 48.5 Å². The van der Waals surface area contributed by atoms with Crippen molar-refractivity contribution in [1.82, 2.24) is 0 Å². The van der Waals surface area contributed by atoms with E-state index in [1.165, 1.54) is 0 Å². The highest BCUT2D eigenvalue weighted by molar-refractivity contribution is 6.03. The van der Waals surface area contributed by atoms with Gasteiger partial charge in [0.05, 0.1) is 63.6 Å². The van der Waals surface area contributed by atoms with E-state index in [2.05, 4.69) is 24.3 Å². The molecule has 0 saturated heterocycles. The first-order valence-electron chi connectivity index (χ1n) is 12.4. The quantitative estimate of drug-likeness (QED) is 0.238. The van der Waals surface area contributed by atoms with Gasteiger partial charge in [0.15, 0.2) is 11.5 Å². The number of para-hydroxylation sites is 5. The van der Waals surface area contributed by atoms with Gasteiger partial charge < -0.3 is 9.64 Å². The zero-order valence-electron chi connectivity index (χ0n) is 21.0. The molecule has 0 unspecified atom stereocenters. The standard InChI is InChI=1S/C34H17N5O/c35-18-22-8-5-9-23(19-36)32(22)26-12-7-13-27(33-24(20-37)10-6-11-25(33)21-38)34(26)39-28-14-1-3-16-30(28)40-31-17-4-2-15-29(31)39/h1-17H. The van der Waals surface area contributed by atoms with Crippen molar-refractivity contribution in [3.63, 3.8) is 0 Å². The summed E-state index contributed by atoms with van der Waals surface area (Å²) in [6, 6.07) is 39.7. The van der Waals surface area contributed by atoms with Gasteiger partial charge in [-0.1, -0.05) is 54.6 Å². The molecule has 6 nitrogen and oxygen atoms in total. The summed E-state index contributed by atoms with van der Waals surface area (Å²) in [5, 5.41) is 40.4. The van der Waals surface area contributed by atoms with Gasteiger partial charge in [0.2, 0.25) is 0 Å². The summed E-state index contributed by atoms with van der Waals surface area (Å²) in [5.74, 6) is 1.23. The van der Waals surface area contributed by atoms with Crippen molar-refractivity contribution >= 4 is 17.1 Å². The maximum absolute atomic E-state index is 10.1. The molecule has 184 valence electrons. The van der Waals surface area contributed by atoms with Gasteiger partial charge in [-0.25, -0.2) is 0 Å². The maximum atomic E-state index is 10.1. The van der Waals surface area contributed by atoms with Crippen LogP contribution in [0.3, 0.4) is 0 Å². The molecule has 0 aromatic heterocycles. The van der Waals surface area contributed by atoms with E-state index >= 15 is 0 Å². The first-order valence-corrected chi connectivity index (χ1v) is 12.4. The number of anilines is 3. The molecule has 1 aliphatic heterocycles. The molecule has 0 saturated carbocycles. The van der Waals surface area contributed by atoms with Crippen LogP contribution in [0.25, 0.3) is 22.3 Å². The predicted molar refractivity (Wildman–Crippen MR) is 151 cm³/mol. The molecule has 5 aromatic carbocycles. The lowest BCUT2D eigenvalue weighted by atomic mass is 9.87. The molecule has 0 N–H and O–H groups in total. The van der Waals surface area contributed by atoms with Gasteiger partial charge in [0, 0.05) is 22.3 Å². The fraction of sp³-hybridized carbons (Fsp3) is 0. The smallest absolute Gasteiger partial charge is 0.151 e. The third kappa shape index (κ3) is 3.70. The lowest BCUT2D eigenvalue weighted by Crippen LogP contribution is -2.18. The van der Waals surface area contributed by atoms with Crippen LogP contribution >= 0.6 is 0 Å². The first-order chi connectivity index (χ1) is 19.7. The Labute approximate surface area is 231 Å². The molecule has 0 amide bonds. The van der Waals surface area contributed by atoms with Gasteiger partial charge in [0.1, 0.15) is 0 Å². The Morgan fingerprint density at radius 1 is 0.450 bits per heavy atom. The van der Waals surface area contributed by atoms with Gasteiger partial charge in [-0.2, -0.15) is 21.0 Å². The summed E-state index contributed by atoms with van der Waals surface area (Å²) < 4.78 is 6.25. The molecule has 0 bridgehead atoms. The molecule has 0 radical (unpaired) electrons. The van der Waals surface area contributed by atoms with Crippen LogP contribution in [0.5, 0.6) is 11.5 Å². The number of fused-ring (bicyclic) bond motifs is 2. The van der Waals surface area contributed by atoms with E-state index < -0.39 is 0 Å². The van der Waals surface area contributed by atoms with Crippen molar-refractivity contribution in [3.05, 3.63) is 125 Å². The summed E-state index contributed by atoms with van der Waals surface area (Å²) in [5.41, 5.74) is 5.57. The van der Waals surface area contributed by atoms with E-state index in [0.717, 1.165) is 11.4 Å². The van der Waals surface area contributed by atoms with Crippen LogP contribution in [0.2, 0.25) is 0 Å². The Kier molecular flexibility index (Phi) is 5.91. The Morgan fingerprint density at radius 3 is 1.23 bits per heavy atom. The van der Waals surface area contributed by atoms with Crippen molar-refractivity contribution in [1.29, 1.82) is 21.0 Å². The molecule has 6 heteroatoms. The van der Waals surface area contributed by atoms with Gasteiger partial charge in [-0.3, -0.25) is 0 Å². The SMILES string of the molecule is N#Cc1cccc(C#N)c1-c1cccc(-c2c(C#N)cccc2C#N)c1N1c2ccccc2Oc2ccccc21. The maximum Gasteiger partial charge on any atom is 0.151 e. The van der Waals surface area contributed by atoms with Crippen molar-refractivity contribution in [3.8, 4) is 58.0 Å². The highest BCUT2D eigenvalue weighted by atomic mass is 16.5. The molecular formula is C34H17N5O. The van der Waals surface area contributed by atoms with Crippen LogP contribution in [-0.4, -0.2) is 0 Å². The predicted octanol–water partition coefficient (Wildman–Crippen LogP) is 8.08. The Bertz CT molecular complexity index is 1800. The summed E-state index contributed by atoms with van der Waals surface area (Å²) in [7, 11) is 0. The minimum Gasteiger partial charge on any atom is -0.453 e. The van der Waals surface area contributed by atoms with Crippen LogP contribution in [0, 0.1) is 45.3 Å². The van der Waals surface area contributed by atoms with Crippen LogP contribution in [-0.2, 0) is 0 Å². The van der Waals surface area contributed by atoms with Crippen molar-refractivity contribution < 1.29 is 4.74 Å². The van der Waals surface area contributed by atoms with E-state index in [0.29, 0.717) is 61.7 Å². The highest BCUT2D eigenvalue weighted by Crippen LogP contribution is 2.55. The molecule has 0 aliphatic carbocycles. The molecule has 40 heavy (non-hydrogen) atoms. The second-order valence-corrected chi connectivity index (χ2v) is 8.98. The molecule has 0 fully saturated rings. The third-order valence-electron chi connectivity index (χ3n) is 6.84. The molecule has 1 aliphatic rings. The monoisotopic (exact) mass is 511 g/mol. The average molecular weight is 512 g/mol. The van der Waals surface area contributed by atoms with Crippen molar-refractivity contribution in [2.45, 2.75) is 0 Å². The Balaban J connectivity index is 1.83. The van der Waals surface area contributed by atoms with Crippen molar-refractivity contribution in [2.75, 3.05) is 4.90 Å². The number of benzene rings is 5. The fourth-order valence-corrected chi connectivity index (χ4v) is 5.19. The summed E-state index contributed by atoms with van der Waals surface area (Å²) >= 11 is 0. The number of nitrogens with zero attached hydrogens (tertiary/aromatic N) is 5. The normalized spacial score (nSPS) is 11.1. The lowest BCUT2D eigenvalue weighted by Gasteiger charge is -2.35. The molecule has 5 aromatic rings. The molecule has 0 atom stereocenters. The molecule has 0 spiro atoms. The Morgan fingerprint density at radius 2 is 0.825 bits per heavy atom. The second kappa shape index (κ2) is 9.85. The van der Waals surface area contributed by atoms with E-state index in [-0.39, 0.29) is 0 Å². The van der Waals surface area contributed by atoms with Crippen LogP contribution in [0.15, 0.2) is 103 Å². The van der Waals surface area contributed by atoms with E-state index in [4.69, 9.17) is 4.74 Å². The van der Waals surface area contributed by atoms with Crippen LogP contribution < -0.4 is 9.64 Å². The first kappa shape index (κ1) is 24.0. The van der Waals surface area contributed by atoms with E-state index in [1.807, 2.05) is 71.6 Å². The number of hydrogen-bond donors (Lipinski definition) is 0. The zero-order chi connectivity index (χ0) is 27.6. The second-order valence-electron chi connectivity index (χ2n) is 8.98. The number of nitriles is 4. The number of hydrogen-bond acceptors (Lipinski definition) is 6. The lowest BCUT2D eigenvalue weighted by molar-refractivity contribution is 0.477. The van der Waals surface area contributed by atoms with Gasteiger partial charge >= 0.3 is 0 Å². The fourth-order valence-electron chi connectivity index (χ4n) is 5.19. The van der Waals surface area contributed by atoms with Gasteiger partial charge in [0.25, 0.3) is 0 Å². The average Bonchev–Trinajstić information content (AvgIpc) is 3.02. The largest absolute Gasteiger partial charge is 0.453 e. The molecule has 6 rings (SSSR count). The van der Waals surface area contributed by atoms with Gasteiger partial charge in [-0.15, -0.1) is 0 Å². The van der Waals surface area contributed by atoms with E-state index in [1.54, 1.807) is 36.4 Å². The summed E-state index contributed by atoms with van der Waals surface area (Å²) in [6.45, 7) is 0. The Hall–Kier alpha value is -6.34. The zero-order valence-corrected chi connectivity index (χ0v) is 21.0. The third-order valence-corrected chi connectivity index (χ3v) is 6.84. The van der Waals surface area contributed by atoms with Crippen LogP contribution in [0.4, 0.5) is 17.1 Å².